The number of hydrogen-bond donors (Lipinski definition) is 1. The normalized spacial score (nSPS) is 18.7. The molecule has 204 valence electrons. The van der Waals surface area contributed by atoms with Crippen LogP contribution in [-0.4, -0.2) is 53.7 Å². The highest BCUT2D eigenvalue weighted by Gasteiger charge is 2.54. The van der Waals surface area contributed by atoms with Gasteiger partial charge in [-0.1, -0.05) is 18.2 Å². The third-order valence-corrected chi connectivity index (χ3v) is 9.69. The first-order valence-electron chi connectivity index (χ1n) is 12.7. The number of thiophene rings is 1. The van der Waals surface area contributed by atoms with E-state index in [1.807, 2.05) is 31.2 Å². The lowest BCUT2D eigenvalue weighted by molar-refractivity contribution is -0.143. The van der Waals surface area contributed by atoms with E-state index < -0.39 is 23.5 Å². The van der Waals surface area contributed by atoms with Crippen LogP contribution in [0.4, 0.5) is 0 Å². The molecule has 1 aromatic carbocycles. The molecule has 0 radical (unpaired) electrons. The van der Waals surface area contributed by atoms with Gasteiger partial charge in [-0.25, -0.2) is 0 Å². The van der Waals surface area contributed by atoms with Crippen LogP contribution < -0.4 is 15.0 Å². The molecule has 2 aromatic heterocycles. The molecule has 2 atom stereocenters. The van der Waals surface area contributed by atoms with Gasteiger partial charge in [-0.3, -0.25) is 14.2 Å². The minimum absolute atomic E-state index is 0.0161. The van der Waals surface area contributed by atoms with Crippen molar-refractivity contribution in [3.63, 3.8) is 0 Å². The van der Waals surface area contributed by atoms with Crippen LogP contribution >= 0.6 is 27.3 Å². The maximum atomic E-state index is 13.9. The number of halogens is 1. The van der Waals surface area contributed by atoms with Crippen molar-refractivity contribution in [3.05, 3.63) is 49.5 Å². The Hall–Kier alpha value is -2.47. The van der Waals surface area contributed by atoms with Crippen LogP contribution in [0.25, 0.3) is 10.2 Å². The number of aromatic nitrogens is 2. The number of methoxy groups -OCH3 is 1. The van der Waals surface area contributed by atoms with Crippen molar-refractivity contribution < 1.29 is 28.8 Å². The zero-order valence-corrected chi connectivity index (χ0v) is 24.0. The molecule has 1 N–H and O–H groups in total. The highest BCUT2D eigenvalue weighted by atomic mass is 79.9. The zero-order valence-electron chi connectivity index (χ0n) is 21.6. The van der Waals surface area contributed by atoms with Crippen LogP contribution in [-0.2, 0) is 19.8 Å². The fraction of sp³-hybridized carbons (Fsp3) is 0.519. The van der Waals surface area contributed by atoms with Gasteiger partial charge in [-0.05, 0) is 67.1 Å². The summed E-state index contributed by atoms with van der Waals surface area (Å²) in [6, 6.07) is 7.72. The topological polar surface area (TPSA) is 109 Å². The first-order valence-corrected chi connectivity index (χ1v) is 14.3. The zero-order chi connectivity index (χ0) is 27.0. The van der Waals surface area contributed by atoms with Gasteiger partial charge in [-0.2, -0.15) is 4.98 Å². The first kappa shape index (κ1) is 27.1. The van der Waals surface area contributed by atoms with Crippen molar-refractivity contribution >= 4 is 43.5 Å². The number of aryl methyl sites for hydroxylation is 1. The molecule has 1 saturated carbocycles. The predicted octanol–water partition coefficient (Wildman–Crippen LogP) is 5.06. The van der Waals surface area contributed by atoms with Gasteiger partial charge in [0, 0.05) is 18.8 Å². The lowest BCUT2D eigenvalue weighted by Crippen LogP contribution is -2.40. The predicted molar refractivity (Wildman–Crippen MR) is 146 cm³/mol. The van der Waals surface area contributed by atoms with Gasteiger partial charge in [0.25, 0.3) is 5.56 Å². The quantitative estimate of drug-likeness (QED) is 0.341. The molecule has 2 unspecified atom stereocenters. The number of carbonyl (C=O) groups is 1. The molecule has 5 rings (SSSR count). The third kappa shape index (κ3) is 4.97. The summed E-state index contributed by atoms with van der Waals surface area (Å²) in [4.78, 5) is 31.2. The standard InChI is InChI=1S/C27H31BrN2O7S/c1-15-21-23(38-22(15)28)29-26(30(24(21)31)27(10-11-27)16(2)25(32)33)36-14-20(37-17-8-12-35-13-9-17)18-6-4-5-7-19(18)34-3/h4-7,16-17,20H,8-14H2,1-3H3,(H,32,33). The number of fused-ring (bicyclic) bond motifs is 1. The van der Waals surface area contributed by atoms with E-state index in [0.717, 1.165) is 27.8 Å². The Kier molecular flexibility index (Phi) is 7.82. The molecule has 0 amide bonds. The van der Waals surface area contributed by atoms with Gasteiger partial charge >= 0.3 is 12.0 Å². The van der Waals surface area contributed by atoms with Crippen molar-refractivity contribution in [2.75, 3.05) is 26.9 Å². The van der Waals surface area contributed by atoms with Crippen molar-refractivity contribution in [2.45, 2.75) is 57.3 Å². The Morgan fingerprint density at radius 1 is 1.32 bits per heavy atom. The summed E-state index contributed by atoms with van der Waals surface area (Å²) < 4.78 is 26.2. The van der Waals surface area contributed by atoms with Crippen LogP contribution in [0.5, 0.6) is 11.8 Å². The summed E-state index contributed by atoms with van der Waals surface area (Å²) in [5, 5.41) is 10.3. The van der Waals surface area contributed by atoms with Crippen LogP contribution in [0, 0.1) is 12.8 Å². The molecule has 3 aromatic rings. The Morgan fingerprint density at radius 3 is 2.68 bits per heavy atom. The Balaban J connectivity index is 1.56. The summed E-state index contributed by atoms with van der Waals surface area (Å²) in [5.74, 6) is -1.07. The van der Waals surface area contributed by atoms with Crippen LogP contribution in [0.1, 0.15) is 49.8 Å². The SMILES string of the molecule is COc1ccccc1C(COc1nc2sc(Br)c(C)c2c(=O)n1C1(C(C)C(=O)O)CC1)OC1CCOCC1. The van der Waals surface area contributed by atoms with Gasteiger partial charge < -0.3 is 24.1 Å². The van der Waals surface area contributed by atoms with Gasteiger partial charge in [-0.15, -0.1) is 11.3 Å². The molecule has 3 heterocycles. The summed E-state index contributed by atoms with van der Waals surface area (Å²) in [7, 11) is 1.61. The number of nitrogens with zero attached hydrogens (tertiary/aromatic N) is 2. The lowest BCUT2D eigenvalue weighted by Gasteiger charge is -2.30. The van der Waals surface area contributed by atoms with Crippen LogP contribution in [0.2, 0.25) is 0 Å². The van der Waals surface area contributed by atoms with E-state index in [-0.39, 0.29) is 24.3 Å². The van der Waals surface area contributed by atoms with Crippen molar-refractivity contribution in [1.29, 1.82) is 0 Å². The summed E-state index contributed by atoms with van der Waals surface area (Å²) in [6.45, 7) is 4.82. The number of rotatable bonds is 10. The van der Waals surface area contributed by atoms with Crippen LogP contribution in [0.15, 0.2) is 32.8 Å². The van der Waals surface area contributed by atoms with E-state index in [4.69, 9.17) is 23.9 Å². The van der Waals surface area contributed by atoms with Crippen molar-refractivity contribution in [1.82, 2.24) is 9.55 Å². The molecule has 9 nitrogen and oxygen atoms in total. The average Bonchev–Trinajstić information content (AvgIpc) is 3.66. The van der Waals surface area contributed by atoms with Gasteiger partial charge in [0.1, 0.15) is 23.3 Å². The van der Waals surface area contributed by atoms with E-state index in [0.29, 0.717) is 42.0 Å². The largest absolute Gasteiger partial charge is 0.496 e. The fourth-order valence-electron chi connectivity index (χ4n) is 5.16. The Bertz CT molecular complexity index is 1390. The minimum Gasteiger partial charge on any atom is -0.496 e. The highest BCUT2D eigenvalue weighted by Crippen LogP contribution is 2.51. The maximum absolute atomic E-state index is 13.9. The highest BCUT2D eigenvalue weighted by molar-refractivity contribution is 9.11. The maximum Gasteiger partial charge on any atom is 0.308 e. The summed E-state index contributed by atoms with van der Waals surface area (Å²) >= 11 is 4.88. The summed E-state index contributed by atoms with van der Waals surface area (Å²) in [6.07, 6.45) is 2.13. The number of aliphatic carboxylic acids is 1. The summed E-state index contributed by atoms with van der Waals surface area (Å²) in [5.41, 5.74) is 0.443. The molecular formula is C27H31BrN2O7S. The second-order valence-electron chi connectivity index (χ2n) is 9.87. The molecular weight excluding hydrogens is 576 g/mol. The molecule has 2 fully saturated rings. The molecule has 1 aliphatic carbocycles. The monoisotopic (exact) mass is 606 g/mol. The molecule has 2 aliphatic rings. The molecule has 1 saturated heterocycles. The van der Waals surface area contributed by atoms with E-state index in [1.54, 1.807) is 14.0 Å². The van der Waals surface area contributed by atoms with Crippen molar-refractivity contribution in [2.24, 2.45) is 5.92 Å². The smallest absolute Gasteiger partial charge is 0.308 e. The van der Waals surface area contributed by atoms with E-state index in [1.165, 1.54) is 15.9 Å². The van der Waals surface area contributed by atoms with E-state index in [9.17, 15) is 14.7 Å². The Labute approximate surface area is 232 Å². The molecule has 38 heavy (non-hydrogen) atoms. The van der Waals surface area contributed by atoms with Gasteiger partial charge in [0.05, 0.1) is 33.8 Å². The number of benzene rings is 1. The second kappa shape index (κ2) is 11.0. The Morgan fingerprint density at radius 2 is 2.03 bits per heavy atom. The molecule has 0 spiro atoms. The number of carboxylic acids is 1. The molecule has 0 bridgehead atoms. The first-order chi connectivity index (χ1) is 18.3. The average molecular weight is 608 g/mol. The number of hydrogen-bond acceptors (Lipinski definition) is 8. The van der Waals surface area contributed by atoms with E-state index >= 15 is 0 Å². The fourth-order valence-corrected chi connectivity index (χ4v) is 6.71. The number of carboxylic acid groups (broad SMARTS) is 1. The number of para-hydroxylation sites is 1. The second-order valence-corrected chi connectivity index (χ2v) is 12.2. The van der Waals surface area contributed by atoms with E-state index in [2.05, 4.69) is 15.9 Å². The molecule has 11 heteroatoms. The van der Waals surface area contributed by atoms with Gasteiger partial charge in [0.15, 0.2) is 0 Å². The third-order valence-electron chi connectivity index (χ3n) is 7.63. The van der Waals surface area contributed by atoms with Crippen LogP contribution in [0.3, 0.4) is 0 Å². The molecule has 1 aliphatic heterocycles. The number of ether oxygens (including phenoxy) is 4. The van der Waals surface area contributed by atoms with Gasteiger partial charge in [0.2, 0.25) is 0 Å². The van der Waals surface area contributed by atoms with Crippen molar-refractivity contribution in [3.8, 4) is 11.8 Å². The minimum atomic E-state index is -0.960. The lowest BCUT2D eigenvalue weighted by atomic mass is 9.99.